The lowest BCUT2D eigenvalue weighted by Gasteiger charge is -2.48. The van der Waals surface area contributed by atoms with E-state index in [2.05, 4.69) is 27.9 Å². The molecule has 134 valence electrons. The first kappa shape index (κ1) is 18.2. The third-order valence-corrected chi connectivity index (χ3v) is 6.62. The van der Waals surface area contributed by atoms with E-state index in [-0.39, 0.29) is 35.4 Å². The molecule has 0 spiro atoms. The quantitative estimate of drug-likeness (QED) is 0.532. The van der Waals surface area contributed by atoms with Crippen LogP contribution in [0, 0.1) is 5.92 Å². The molecule has 0 aromatic heterocycles. The van der Waals surface area contributed by atoms with Crippen molar-refractivity contribution in [1.82, 2.24) is 5.32 Å². The number of allylic oxidation sites excluding steroid dienone is 1. The second kappa shape index (κ2) is 6.60. The van der Waals surface area contributed by atoms with Gasteiger partial charge >= 0.3 is 0 Å². The van der Waals surface area contributed by atoms with Crippen LogP contribution < -0.4 is 10.1 Å². The number of nitrogens with one attached hydrogen (secondary N) is 1. The molecule has 7 heteroatoms. The number of Topliss-reactive ketones (excluding diaryl/α,β-unsaturated/α-hetero) is 2. The molecule has 0 amide bonds. The number of rotatable bonds is 4. The average Bonchev–Trinajstić information content (AvgIpc) is 2.62. The van der Waals surface area contributed by atoms with Gasteiger partial charge in [-0.2, -0.15) is 0 Å². The number of ketones is 2. The number of hydrogen-bond acceptors (Lipinski definition) is 6. The standard InChI is InChI=1S/C18H20INO5/c1-20-15-10-6-13(25-3)11(21)7-18(10,8-19)14-9(16(15)22)4-5-12(24-2)17(14)23/h4-6,10,15,20,23H,7-8H2,1-3H3/t10?,15-,18+/m1/s1. The SMILES string of the molecule is CN[C@H]1C(=O)c2ccc(OC)c(O)c2[C@]2(CI)CC(=O)C(OC)=CC12. The molecular weight excluding hydrogens is 437 g/mol. The van der Waals surface area contributed by atoms with E-state index in [0.717, 1.165) is 0 Å². The van der Waals surface area contributed by atoms with Crippen LogP contribution in [-0.4, -0.2) is 48.4 Å². The second-order valence-electron chi connectivity index (χ2n) is 6.32. The Morgan fingerprint density at radius 3 is 2.60 bits per heavy atom. The van der Waals surface area contributed by atoms with Crippen LogP contribution in [0.5, 0.6) is 11.5 Å². The van der Waals surface area contributed by atoms with Crippen molar-refractivity contribution in [2.24, 2.45) is 5.92 Å². The van der Waals surface area contributed by atoms with E-state index in [1.807, 2.05) is 0 Å². The molecule has 3 rings (SSSR count). The van der Waals surface area contributed by atoms with Crippen molar-refractivity contribution < 1.29 is 24.2 Å². The molecule has 2 aliphatic rings. The van der Waals surface area contributed by atoms with Crippen LogP contribution in [0.1, 0.15) is 22.3 Å². The molecule has 0 saturated heterocycles. The van der Waals surface area contributed by atoms with Crippen LogP contribution in [0.4, 0.5) is 0 Å². The Hall–Kier alpha value is -1.61. The Labute approximate surface area is 159 Å². The van der Waals surface area contributed by atoms with Crippen molar-refractivity contribution in [3.63, 3.8) is 0 Å². The number of phenolic OH excluding ortho intramolecular Hbond substituents is 1. The highest BCUT2D eigenvalue weighted by molar-refractivity contribution is 14.1. The monoisotopic (exact) mass is 457 g/mol. The molecule has 2 aliphatic carbocycles. The highest BCUT2D eigenvalue weighted by atomic mass is 127. The zero-order valence-electron chi connectivity index (χ0n) is 14.3. The van der Waals surface area contributed by atoms with Crippen molar-refractivity contribution >= 4 is 34.2 Å². The predicted molar refractivity (Wildman–Crippen MR) is 101 cm³/mol. The van der Waals surface area contributed by atoms with E-state index in [0.29, 0.717) is 21.3 Å². The average molecular weight is 457 g/mol. The summed E-state index contributed by atoms with van der Waals surface area (Å²) in [6, 6.07) is 2.76. The molecule has 0 fully saturated rings. The summed E-state index contributed by atoms with van der Waals surface area (Å²) >= 11 is 2.22. The van der Waals surface area contributed by atoms with Crippen molar-refractivity contribution in [2.45, 2.75) is 17.9 Å². The molecule has 0 aliphatic heterocycles. The van der Waals surface area contributed by atoms with E-state index in [1.54, 1.807) is 25.3 Å². The summed E-state index contributed by atoms with van der Waals surface area (Å²) in [5, 5.41) is 13.9. The van der Waals surface area contributed by atoms with Crippen LogP contribution >= 0.6 is 22.6 Å². The third kappa shape index (κ3) is 2.47. The van der Waals surface area contributed by atoms with Crippen LogP contribution in [0.2, 0.25) is 0 Å². The molecule has 0 saturated carbocycles. The molecule has 25 heavy (non-hydrogen) atoms. The summed E-state index contributed by atoms with van der Waals surface area (Å²) in [6.07, 6.45) is 1.89. The second-order valence-corrected chi connectivity index (χ2v) is 7.08. The van der Waals surface area contributed by atoms with Gasteiger partial charge in [-0.05, 0) is 25.3 Å². The third-order valence-electron chi connectivity index (χ3n) is 5.25. The molecule has 6 nitrogen and oxygen atoms in total. The maximum absolute atomic E-state index is 13.0. The molecule has 0 bridgehead atoms. The molecule has 3 atom stereocenters. The normalized spacial score (nSPS) is 28.1. The van der Waals surface area contributed by atoms with Gasteiger partial charge in [0.05, 0.1) is 20.3 Å². The first-order chi connectivity index (χ1) is 11.9. The van der Waals surface area contributed by atoms with Crippen LogP contribution in [0.25, 0.3) is 0 Å². The highest BCUT2D eigenvalue weighted by Gasteiger charge is 2.55. The van der Waals surface area contributed by atoms with Gasteiger partial charge in [0.15, 0.2) is 28.8 Å². The number of alkyl halides is 1. The van der Waals surface area contributed by atoms with Gasteiger partial charge in [-0.3, -0.25) is 9.59 Å². The minimum Gasteiger partial charge on any atom is -0.504 e. The zero-order chi connectivity index (χ0) is 18.4. The number of phenols is 1. The van der Waals surface area contributed by atoms with Crippen LogP contribution in [-0.2, 0) is 14.9 Å². The summed E-state index contributed by atoms with van der Waals surface area (Å²) in [6.45, 7) is 0. The van der Waals surface area contributed by atoms with E-state index < -0.39 is 11.5 Å². The molecule has 1 aromatic carbocycles. The van der Waals surface area contributed by atoms with Crippen LogP contribution in [0.3, 0.4) is 0 Å². The number of likely N-dealkylation sites (N-methyl/N-ethyl adjacent to an activating group) is 1. The Kier molecular flexibility index (Phi) is 4.80. The number of aromatic hydroxyl groups is 1. The maximum Gasteiger partial charge on any atom is 0.197 e. The highest BCUT2D eigenvalue weighted by Crippen LogP contribution is 2.54. The number of carbonyl (C=O) groups is 2. The van der Waals surface area contributed by atoms with Gasteiger partial charge in [0, 0.05) is 33.3 Å². The van der Waals surface area contributed by atoms with E-state index in [1.165, 1.54) is 14.2 Å². The van der Waals surface area contributed by atoms with Crippen molar-refractivity contribution in [1.29, 1.82) is 0 Å². The lowest BCUT2D eigenvalue weighted by Crippen LogP contribution is -2.57. The van der Waals surface area contributed by atoms with Gasteiger partial charge in [-0.25, -0.2) is 0 Å². The maximum atomic E-state index is 13.0. The van der Waals surface area contributed by atoms with Gasteiger partial charge in [0.2, 0.25) is 0 Å². The number of carbonyl (C=O) groups excluding carboxylic acids is 2. The fourth-order valence-corrected chi connectivity index (χ4v) is 5.21. The largest absolute Gasteiger partial charge is 0.504 e. The Balaban J connectivity index is 2.35. The summed E-state index contributed by atoms with van der Waals surface area (Å²) in [4.78, 5) is 25.6. The summed E-state index contributed by atoms with van der Waals surface area (Å²) < 4.78 is 11.0. The van der Waals surface area contributed by atoms with Gasteiger partial charge < -0.3 is 19.9 Å². The predicted octanol–water partition coefficient (Wildman–Crippen LogP) is 1.98. The fourth-order valence-electron chi connectivity index (χ4n) is 4.05. The molecular formula is C18H20INO5. The Morgan fingerprint density at radius 1 is 1.32 bits per heavy atom. The number of hydrogen-bond donors (Lipinski definition) is 2. The fraction of sp³-hybridized carbons (Fsp3) is 0.444. The first-order valence-electron chi connectivity index (χ1n) is 7.92. The van der Waals surface area contributed by atoms with E-state index in [9.17, 15) is 14.7 Å². The minimum atomic E-state index is -0.699. The number of halogens is 1. The lowest BCUT2D eigenvalue weighted by molar-refractivity contribution is -0.121. The Morgan fingerprint density at radius 2 is 2.04 bits per heavy atom. The first-order valence-corrected chi connectivity index (χ1v) is 9.44. The van der Waals surface area contributed by atoms with E-state index >= 15 is 0 Å². The molecule has 1 unspecified atom stereocenters. The van der Waals surface area contributed by atoms with Gasteiger partial charge in [0.25, 0.3) is 0 Å². The molecule has 2 N–H and O–H groups in total. The molecule has 1 aromatic rings. The number of ether oxygens (including phenoxy) is 2. The summed E-state index contributed by atoms with van der Waals surface area (Å²) in [5.74, 6) is -0.0442. The minimum absolute atomic E-state index is 0.0633. The number of fused-ring (bicyclic) bond motifs is 3. The zero-order valence-corrected chi connectivity index (χ0v) is 16.4. The summed E-state index contributed by atoms with van der Waals surface area (Å²) in [5.41, 5.74) is 0.241. The van der Waals surface area contributed by atoms with Crippen LogP contribution in [0.15, 0.2) is 24.0 Å². The summed E-state index contributed by atoms with van der Waals surface area (Å²) in [7, 11) is 4.64. The van der Waals surface area contributed by atoms with E-state index in [4.69, 9.17) is 9.47 Å². The van der Waals surface area contributed by atoms with Crippen molar-refractivity contribution in [3.05, 3.63) is 35.1 Å². The van der Waals surface area contributed by atoms with Crippen molar-refractivity contribution in [2.75, 3.05) is 25.7 Å². The smallest absolute Gasteiger partial charge is 0.197 e. The van der Waals surface area contributed by atoms with Gasteiger partial charge in [-0.1, -0.05) is 22.6 Å². The number of methoxy groups -OCH3 is 2. The lowest BCUT2D eigenvalue weighted by atomic mass is 9.57. The molecule has 0 heterocycles. The van der Waals surface area contributed by atoms with Gasteiger partial charge in [0.1, 0.15) is 0 Å². The Bertz CT molecular complexity index is 775. The van der Waals surface area contributed by atoms with Crippen molar-refractivity contribution in [3.8, 4) is 11.5 Å². The van der Waals surface area contributed by atoms with Gasteiger partial charge in [-0.15, -0.1) is 0 Å². The topological polar surface area (TPSA) is 84.9 Å². The molecule has 0 radical (unpaired) electrons. The number of benzene rings is 1.